The fourth-order valence-corrected chi connectivity index (χ4v) is 2.56. The van der Waals surface area contributed by atoms with E-state index in [0.717, 1.165) is 0 Å². The predicted molar refractivity (Wildman–Crippen MR) is 73.3 cm³/mol. The van der Waals surface area contributed by atoms with E-state index in [9.17, 15) is 0 Å². The van der Waals surface area contributed by atoms with Crippen LogP contribution in [0.4, 0.5) is 5.95 Å². The molecule has 6 nitrogen and oxygen atoms in total. The first kappa shape index (κ1) is 14.2. The zero-order chi connectivity index (χ0) is 14.3. The van der Waals surface area contributed by atoms with Crippen molar-refractivity contribution in [2.75, 3.05) is 18.0 Å². The minimum Gasteiger partial charge on any atom is -0.423 e. The molecule has 0 aromatic carbocycles. The van der Waals surface area contributed by atoms with Crippen LogP contribution in [0.15, 0.2) is 12.4 Å². The Morgan fingerprint density at radius 1 is 1.11 bits per heavy atom. The van der Waals surface area contributed by atoms with Gasteiger partial charge in [-0.2, -0.15) is 0 Å². The van der Waals surface area contributed by atoms with E-state index in [4.69, 9.17) is 14.8 Å². The van der Waals surface area contributed by atoms with Crippen LogP contribution < -0.4 is 10.4 Å². The first-order chi connectivity index (χ1) is 8.69. The fraction of sp³-hybridized carbons (Fsp3) is 0.667. The largest absolute Gasteiger partial charge is 0.491 e. The molecule has 0 unspecified atom stereocenters. The van der Waals surface area contributed by atoms with Crippen molar-refractivity contribution < 1.29 is 14.8 Å². The summed E-state index contributed by atoms with van der Waals surface area (Å²) in [5.74, 6) is 0.578. The van der Waals surface area contributed by atoms with Crippen molar-refractivity contribution in [3.63, 3.8) is 0 Å². The number of aromatic nitrogens is 2. The van der Waals surface area contributed by atoms with E-state index in [1.165, 1.54) is 12.4 Å². The summed E-state index contributed by atoms with van der Waals surface area (Å²) < 4.78 is 6.00. The number of ether oxygens (including phenoxy) is 1. The van der Waals surface area contributed by atoms with Crippen molar-refractivity contribution in [2.45, 2.75) is 38.9 Å². The molecule has 0 aliphatic carbocycles. The van der Waals surface area contributed by atoms with E-state index in [1.54, 1.807) is 0 Å². The zero-order valence-electron chi connectivity index (χ0n) is 11.8. The molecule has 2 N–H and O–H groups in total. The topological polar surface area (TPSA) is 78.7 Å². The van der Waals surface area contributed by atoms with Crippen molar-refractivity contribution in [2.24, 2.45) is 0 Å². The number of anilines is 1. The third-order valence-electron chi connectivity index (χ3n) is 2.94. The van der Waals surface area contributed by atoms with E-state index in [-0.39, 0.29) is 16.7 Å². The summed E-state index contributed by atoms with van der Waals surface area (Å²) in [7, 11) is -1.54. The van der Waals surface area contributed by atoms with Crippen LogP contribution in [0.2, 0.25) is 0 Å². The molecule has 7 heteroatoms. The fourth-order valence-electron chi connectivity index (χ4n) is 2.56. The molecule has 1 saturated heterocycles. The van der Waals surface area contributed by atoms with E-state index in [1.807, 2.05) is 27.7 Å². The molecule has 1 fully saturated rings. The molecule has 19 heavy (non-hydrogen) atoms. The van der Waals surface area contributed by atoms with Crippen molar-refractivity contribution in [3.8, 4) is 0 Å². The molecule has 0 atom stereocenters. The average Bonchev–Trinajstić information content (AvgIpc) is 2.25. The number of hydrogen-bond acceptors (Lipinski definition) is 6. The normalized spacial score (nSPS) is 21.3. The van der Waals surface area contributed by atoms with Gasteiger partial charge in [-0.25, -0.2) is 9.97 Å². The predicted octanol–water partition coefficient (Wildman–Crippen LogP) is -0.450. The lowest BCUT2D eigenvalue weighted by molar-refractivity contribution is -0.133. The average molecular weight is 265 g/mol. The molecule has 1 aromatic heterocycles. The van der Waals surface area contributed by atoms with Gasteiger partial charge in [0.2, 0.25) is 5.95 Å². The number of nitrogens with zero attached hydrogens (tertiary/aromatic N) is 3. The second kappa shape index (κ2) is 4.74. The molecular formula is C12H20BN3O3. The third-order valence-corrected chi connectivity index (χ3v) is 2.94. The molecule has 0 radical (unpaired) electrons. The van der Waals surface area contributed by atoms with Crippen LogP contribution in [-0.2, 0) is 4.74 Å². The summed E-state index contributed by atoms with van der Waals surface area (Å²) in [6.45, 7) is 9.52. The molecule has 1 aromatic rings. The minimum absolute atomic E-state index is 0.278. The molecule has 0 amide bonds. The summed E-state index contributed by atoms with van der Waals surface area (Å²) in [6, 6.07) is 0. The Balaban J connectivity index is 2.21. The van der Waals surface area contributed by atoms with E-state index in [2.05, 4.69) is 14.9 Å². The second-order valence-corrected chi connectivity index (χ2v) is 6.17. The summed E-state index contributed by atoms with van der Waals surface area (Å²) in [4.78, 5) is 10.4. The SMILES string of the molecule is CC1(C)CN(c2ncc(B(O)O)cn2)CC(C)(C)O1. The van der Waals surface area contributed by atoms with Gasteiger partial charge in [0, 0.05) is 30.9 Å². The van der Waals surface area contributed by atoms with Gasteiger partial charge in [0.25, 0.3) is 0 Å². The van der Waals surface area contributed by atoms with E-state index < -0.39 is 7.12 Å². The van der Waals surface area contributed by atoms with Crippen LogP contribution in [0.3, 0.4) is 0 Å². The molecule has 2 rings (SSSR count). The Hall–Kier alpha value is -1.18. The number of hydrogen-bond donors (Lipinski definition) is 2. The van der Waals surface area contributed by atoms with Crippen LogP contribution in [0.25, 0.3) is 0 Å². The Kier molecular flexibility index (Phi) is 3.55. The summed E-state index contributed by atoms with van der Waals surface area (Å²) in [5.41, 5.74) is -0.267. The zero-order valence-corrected chi connectivity index (χ0v) is 11.8. The standard InChI is InChI=1S/C12H20BN3O3/c1-11(2)7-16(8-12(3,4)19-11)10-14-5-9(6-15-10)13(17)18/h5-6,17-18H,7-8H2,1-4H3. The summed E-state index contributed by atoms with van der Waals surface area (Å²) >= 11 is 0. The first-order valence-electron chi connectivity index (χ1n) is 6.32. The smallest absolute Gasteiger partial charge is 0.423 e. The molecule has 0 bridgehead atoms. The van der Waals surface area contributed by atoms with Crippen molar-refractivity contribution in [1.82, 2.24) is 9.97 Å². The Bertz CT molecular complexity index is 432. The third kappa shape index (κ3) is 3.43. The van der Waals surface area contributed by atoms with Gasteiger partial charge >= 0.3 is 7.12 Å². The van der Waals surface area contributed by atoms with Gasteiger partial charge in [0.15, 0.2) is 0 Å². The monoisotopic (exact) mass is 265 g/mol. The molecule has 2 heterocycles. The quantitative estimate of drug-likeness (QED) is 0.705. The van der Waals surface area contributed by atoms with Crippen LogP contribution in [0.5, 0.6) is 0 Å². The highest BCUT2D eigenvalue weighted by molar-refractivity contribution is 6.58. The Morgan fingerprint density at radius 2 is 1.58 bits per heavy atom. The Labute approximate surface area is 113 Å². The van der Waals surface area contributed by atoms with Gasteiger partial charge < -0.3 is 19.7 Å². The van der Waals surface area contributed by atoms with Crippen molar-refractivity contribution >= 4 is 18.5 Å². The maximum Gasteiger partial charge on any atom is 0.491 e. The van der Waals surface area contributed by atoms with Gasteiger partial charge in [0.1, 0.15) is 0 Å². The van der Waals surface area contributed by atoms with Crippen molar-refractivity contribution in [3.05, 3.63) is 12.4 Å². The second-order valence-electron chi connectivity index (χ2n) is 6.17. The van der Waals surface area contributed by atoms with Crippen molar-refractivity contribution in [1.29, 1.82) is 0 Å². The number of rotatable bonds is 2. The molecule has 104 valence electrons. The highest BCUT2D eigenvalue weighted by Gasteiger charge is 2.39. The van der Waals surface area contributed by atoms with E-state index >= 15 is 0 Å². The van der Waals surface area contributed by atoms with Gasteiger partial charge in [0.05, 0.1) is 11.2 Å². The highest BCUT2D eigenvalue weighted by atomic mass is 16.5. The lowest BCUT2D eigenvalue weighted by Gasteiger charge is -2.47. The maximum atomic E-state index is 9.03. The molecular weight excluding hydrogens is 245 g/mol. The number of morpholine rings is 1. The van der Waals surface area contributed by atoms with Gasteiger partial charge in [-0.15, -0.1) is 0 Å². The minimum atomic E-state index is -1.54. The van der Waals surface area contributed by atoms with Gasteiger partial charge in [-0.1, -0.05) is 0 Å². The highest BCUT2D eigenvalue weighted by Crippen LogP contribution is 2.29. The van der Waals surface area contributed by atoms with Crippen LogP contribution in [0.1, 0.15) is 27.7 Å². The molecule has 1 aliphatic heterocycles. The van der Waals surface area contributed by atoms with Gasteiger partial charge in [-0.3, -0.25) is 0 Å². The lowest BCUT2D eigenvalue weighted by Crippen LogP contribution is -2.57. The molecule has 0 spiro atoms. The summed E-state index contributed by atoms with van der Waals surface area (Å²) in [5, 5.41) is 18.1. The van der Waals surface area contributed by atoms with Crippen LogP contribution in [0, 0.1) is 0 Å². The Morgan fingerprint density at radius 3 is 2.00 bits per heavy atom. The van der Waals surface area contributed by atoms with Crippen LogP contribution in [-0.4, -0.2) is 51.4 Å². The molecule has 1 aliphatic rings. The lowest BCUT2D eigenvalue weighted by atomic mass is 9.83. The van der Waals surface area contributed by atoms with E-state index in [0.29, 0.717) is 19.0 Å². The molecule has 0 saturated carbocycles. The van der Waals surface area contributed by atoms with Crippen LogP contribution >= 0.6 is 0 Å². The first-order valence-corrected chi connectivity index (χ1v) is 6.32. The van der Waals surface area contributed by atoms with Gasteiger partial charge in [-0.05, 0) is 27.7 Å². The summed E-state index contributed by atoms with van der Waals surface area (Å²) in [6.07, 6.45) is 2.87. The maximum absolute atomic E-state index is 9.03.